The van der Waals surface area contributed by atoms with Gasteiger partial charge in [-0.25, -0.2) is 16.8 Å². The molecule has 1 fully saturated rings. The van der Waals surface area contributed by atoms with Gasteiger partial charge in [0.2, 0.25) is 15.9 Å². The van der Waals surface area contributed by atoms with Crippen LogP contribution in [0.2, 0.25) is 0 Å². The normalized spacial score (nSPS) is 16.6. The number of nitrogens with zero attached hydrogens (tertiary/aromatic N) is 3. The van der Waals surface area contributed by atoms with E-state index in [9.17, 15) is 21.6 Å². The molecule has 0 unspecified atom stereocenters. The van der Waals surface area contributed by atoms with Crippen LogP contribution in [0.3, 0.4) is 0 Å². The molecule has 2 aliphatic rings. The largest absolute Gasteiger partial charge is 0.326 e. The Bertz CT molecular complexity index is 1860. The second kappa shape index (κ2) is 12.3. The summed E-state index contributed by atoms with van der Waals surface area (Å²) in [7, 11) is -7.34. The van der Waals surface area contributed by atoms with Gasteiger partial charge in [-0.2, -0.15) is 4.31 Å². The lowest BCUT2D eigenvalue weighted by atomic mass is 10.1. The quantitative estimate of drug-likeness (QED) is 0.304. The predicted molar refractivity (Wildman–Crippen MR) is 171 cm³/mol. The average molecular weight is 637 g/mol. The van der Waals surface area contributed by atoms with Gasteiger partial charge in [0.15, 0.2) is 0 Å². The summed E-state index contributed by atoms with van der Waals surface area (Å²) >= 11 is 1.59. The van der Waals surface area contributed by atoms with E-state index < -0.39 is 20.0 Å². The SMILES string of the molecule is O=C(CCN1CCN(S(=O)(=O)c2ccccc2)CC1)Nc1ccc2c(c1)N(S(=O)(=O)c1ccc3ccccc3c1)CCS2. The van der Waals surface area contributed by atoms with E-state index in [1.165, 1.54) is 8.61 Å². The van der Waals surface area contributed by atoms with Gasteiger partial charge >= 0.3 is 0 Å². The van der Waals surface area contributed by atoms with Gasteiger partial charge in [-0.1, -0.05) is 48.5 Å². The van der Waals surface area contributed by atoms with Gasteiger partial charge in [0.25, 0.3) is 10.0 Å². The highest BCUT2D eigenvalue weighted by atomic mass is 32.2. The maximum Gasteiger partial charge on any atom is 0.264 e. The van der Waals surface area contributed by atoms with Crippen molar-refractivity contribution < 1.29 is 21.6 Å². The number of hydrogen-bond donors (Lipinski definition) is 1. The van der Waals surface area contributed by atoms with Crippen LogP contribution >= 0.6 is 11.8 Å². The van der Waals surface area contributed by atoms with Crippen LogP contribution in [0.1, 0.15) is 6.42 Å². The Morgan fingerprint density at radius 2 is 1.44 bits per heavy atom. The van der Waals surface area contributed by atoms with E-state index >= 15 is 0 Å². The van der Waals surface area contributed by atoms with Gasteiger partial charge in [0, 0.05) is 62.0 Å². The van der Waals surface area contributed by atoms with Crippen LogP contribution < -0.4 is 9.62 Å². The highest BCUT2D eigenvalue weighted by molar-refractivity contribution is 8.00. The minimum atomic E-state index is -3.82. The van der Waals surface area contributed by atoms with E-state index in [-0.39, 0.29) is 22.1 Å². The van der Waals surface area contributed by atoms with Crippen molar-refractivity contribution in [3.8, 4) is 0 Å². The van der Waals surface area contributed by atoms with Crippen LogP contribution in [0.4, 0.5) is 11.4 Å². The molecule has 2 heterocycles. The molecule has 0 aromatic heterocycles. The van der Waals surface area contributed by atoms with Crippen molar-refractivity contribution >= 4 is 59.9 Å². The monoisotopic (exact) mass is 636 g/mol. The number of carbonyl (C=O) groups excluding carboxylic acids is 1. The summed E-state index contributed by atoms with van der Waals surface area (Å²) in [6.45, 7) is 2.63. The molecular weight excluding hydrogens is 605 g/mol. The summed E-state index contributed by atoms with van der Waals surface area (Å²) in [5, 5.41) is 4.75. The van der Waals surface area contributed by atoms with E-state index in [1.807, 2.05) is 36.4 Å². The molecule has 0 radical (unpaired) electrons. The van der Waals surface area contributed by atoms with E-state index in [2.05, 4.69) is 10.2 Å². The zero-order chi connectivity index (χ0) is 30.0. The van der Waals surface area contributed by atoms with E-state index in [1.54, 1.807) is 66.4 Å². The minimum Gasteiger partial charge on any atom is -0.326 e. The fourth-order valence-electron chi connectivity index (χ4n) is 5.39. The van der Waals surface area contributed by atoms with Gasteiger partial charge in [-0.15, -0.1) is 11.8 Å². The maximum atomic E-state index is 13.8. The fraction of sp³-hybridized carbons (Fsp3) is 0.258. The lowest BCUT2D eigenvalue weighted by Gasteiger charge is -2.33. The molecule has 6 rings (SSSR count). The van der Waals surface area contributed by atoms with Crippen LogP contribution in [0.25, 0.3) is 10.8 Å². The summed E-state index contributed by atoms with van der Waals surface area (Å²) < 4.78 is 56.2. The zero-order valence-corrected chi connectivity index (χ0v) is 25.9. The standard InChI is InChI=1S/C31H32N4O5S3/c36-31(14-15-33-16-18-34(19-17-33)42(37,38)27-8-2-1-3-9-27)32-26-11-13-30-29(23-26)35(20-21-41-30)43(39,40)28-12-10-24-6-4-5-7-25(24)22-28/h1-13,22-23H,14-21H2,(H,32,36). The molecule has 0 aliphatic carbocycles. The van der Waals surface area contributed by atoms with Gasteiger partial charge in [-0.05, 0) is 53.2 Å². The summed E-state index contributed by atoms with van der Waals surface area (Å²) in [6, 6.07) is 26.6. The lowest BCUT2D eigenvalue weighted by molar-refractivity contribution is -0.116. The maximum absolute atomic E-state index is 13.8. The van der Waals surface area contributed by atoms with Crippen LogP contribution in [0.5, 0.6) is 0 Å². The Kier molecular flexibility index (Phi) is 8.47. The number of hydrogen-bond acceptors (Lipinski definition) is 7. The van der Waals surface area contributed by atoms with Crippen molar-refractivity contribution in [1.29, 1.82) is 0 Å². The first-order valence-corrected chi connectivity index (χ1v) is 17.9. The average Bonchev–Trinajstić information content (AvgIpc) is 3.04. The van der Waals surface area contributed by atoms with E-state index in [4.69, 9.17) is 0 Å². The molecule has 43 heavy (non-hydrogen) atoms. The summed E-state index contributed by atoms with van der Waals surface area (Å²) in [4.78, 5) is 16.3. The Morgan fingerprint density at radius 1 is 0.721 bits per heavy atom. The molecule has 4 aromatic rings. The number of nitrogens with one attached hydrogen (secondary N) is 1. The second-order valence-electron chi connectivity index (χ2n) is 10.5. The van der Waals surface area contributed by atoms with E-state index in [0.717, 1.165) is 15.7 Å². The Hall–Kier alpha value is -3.42. The molecule has 12 heteroatoms. The number of rotatable bonds is 8. The van der Waals surface area contributed by atoms with Crippen molar-refractivity contribution in [3.63, 3.8) is 0 Å². The molecule has 2 aliphatic heterocycles. The highest BCUT2D eigenvalue weighted by Crippen LogP contribution is 2.39. The Morgan fingerprint density at radius 3 is 2.21 bits per heavy atom. The molecule has 1 amide bonds. The molecule has 9 nitrogen and oxygen atoms in total. The third-order valence-corrected chi connectivity index (χ3v) is 12.5. The summed E-state index contributed by atoms with van der Waals surface area (Å²) in [6.07, 6.45) is 0.233. The molecule has 0 spiro atoms. The van der Waals surface area contributed by atoms with Crippen LogP contribution in [0, 0.1) is 0 Å². The van der Waals surface area contributed by atoms with Crippen molar-refractivity contribution in [2.24, 2.45) is 0 Å². The highest BCUT2D eigenvalue weighted by Gasteiger charge is 2.31. The summed E-state index contributed by atoms with van der Waals surface area (Å²) in [5.41, 5.74) is 1.08. The third-order valence-electron chi connectivity index (χ3n) is 7.74. The number of piperazine rings is 1. The zero-order valence-electron chi connectivity index (χ0n) is 23.4. The molecule has 224 valence electrons. The van der Waals surface area contributed by atoms with Crippen molar-refractivity contribution in [1.82, 2.24) is 9.21 Å². The smallest absolute Gasteiger partial charge is 0.264 e. The predicted octanol–water partition coefficient (Wildman–Crippen LogP) is 4.48. The first-order valence-electron chi connectivity index (χ1n) is 14.1. The number of benzene rings is 4. The third kappa shape index (κ3) is 6.29. The molecular formula is C31H32N4O5S3. The first kappa shape index (κ1) is 29.6. The van der Waals surface area contributed by atoms with Crippen LogP contribution in [0.15, 0.2) is 106 Å². The number of amides is 1. The van der Waals surface area contributed by atoms with Gasteiger partial charge in [0.1, 0.15) is 0 Å². The molecule has 0 saturated carbocycles. The number of fused-ring (bicyclic) bond motifs is 2. The minimum absolute atomic E-state index is 0.188. The van der Waals surface area contributed by atoms with Gasteiger partial charge < -0.3 is 10.2 Å². The van der Waals surface area contributed by atoms with Gasteiger partial charge in [0.05, 0.1) is 15.5 Å². The fourth-order valence-corrected chi connectivity index (χ4v) is 9.50. The van der Waals surface area contributed by atoms with Crippen LogP contribution in [-0.4, -0.2) is 77.0 Å². The number of sulfonamides is 2. The van der Waals surface area contributed by atoms with Crippen molar-refractivity contribution in [2.75, 3.05) is 54.6 Å². The van der Waals surface area contributed by atoms with Crippen LogP contribution in [-0.2, 0) is 24.8 Å². The lowest BCUT2D eigenvalue weighted by Crippen LogP contribution is -2.49. The van der Waals surface area contributed by atoms with Crippen molar-refractivity contribution in [2.45, 2.75) is 21.1 Å². The second-order valence-corrected chi connectivity index (χ2v) is 15.4. The number of carbonyl (C=O) groups is 1. The topological polar surface area (TPSA) is 107 Å². The molecule has 0 atom stereocenters. The Labute approximate surface area is 256 Å². The molecule has 1 saturated heterocycles. The molecule has 4 aromatic carbocycles. The Balaban J connectivity index is 1.08. The van der Waals surface area contributed by atoms with Crippen molar-refractivity contribution in [3.05, 3.63) is 91.0 Å². The number of anilines is 2. The van der Waals surface area contributed by atoms with Gasteiger partial charge in [-0.3, -0.25) is 9.10 Å². The first-order chi connectivity index (χ1) is 20.7. The molecule has 1 N–H and O–H groups in total. The summed E-state index contributed by atoms with van der Waals surface area (Å²) in [5.74, 6) is 0.442. The number of thioether (sulfide) groups is 1. The van der Waals surface area contributed by atoms with E-state index in [0.29, 0.717) is 56.4 Å². The molecule has 0 bridgehead atoms.